The van der Waals surface area contributed by atoms with Crippen LogP contribution < -0.4 is 14.8 Å². The van der Waals surface area contributed by atoms with Crippen molar-refractivity contribution >= 4 is 16.9 Å². The van der Waals surface area contributed by atoms with E-state index in [-0.39, 0.29) is 11.9 Å². The zero-order valence-corrected chi connectivity index (χ0v) is 19.6. The third kappa shape index (κ3) is 4.55. The highest BCUT2D eigenvalue weighted by molar-refractivity contribution is 5.95. The molecule has 1 fully saturated rings. The van der Waals surface area contributed by atoms with Gasteiger partial charge in [0, 0.05) is 31.1 Å². The zero-order chi connectivity index (χ0) is 22.9. The highest BCUT2D eigenvalue weighted by Gasteiger charge is 2.28. The number of fused-ring (bicyclic) bond motifs is 2. The summed E-state index contributed by atoms with van der Waals surface area (Å²) in [5.74, 6) is 2.73. The molecule has 33 heavy (non-hydrogen) atoms. The topological polar surface area (TPSA) is 68.6 Å². The van der Waals surface area contributed by atoms with Gasteiger partial charge in [-0.1, -0.05) is 12.5 Å². The number of nitrogens with one attached hydrogen (secondary N) is 1. The monoisotopic (exact) mass is 448 g/mol. The van der Waals surface area contributed by atoms with Crippen molar-refractivity contribution in [1.82, 2.24) is 19.8 Å². The average molecular weight is 449 g/mol. The van der Waals surface area contributed by atoms with Gasteiger partial charge in [0.25, 0.3) is 5.91 Å². The highest BCUT2D eigenvalue weighted by Crippen LogP contribution is 2.35. The van der Waals surface area contributed by atoms with E-state index in [1.165, 1.54) is 11.1 Å². The number of aryl methyl sites for hydroxylation is 1. The third-order valence-electron chi connectivity index (χ3n) is 6.66. The molecule has 174 valence electrons. The number of nitrogens with zero attached hydrogens (tertiary/aromatic N) is 3. The Kier molecular flexibility index (Phi) is 5.98. The first-order valence-corrected chi connectivity index (χ1v) is 11.8. The lowest BCUT2D eigenvalue weighted by molar-refractivity contribution is 0.0923. The molecular weight excluding hydrogens is 416 g/mol. The van der Waals surface area contributed by atoms with Crippen LogP contribution in [0.3, 0.4) is 0 Å². The number of carbonyl (C=O) groups excluding carboxylic acids is 1. The van der Waals surface area contributed by atoms with Crippen LogP contribution in [0.4, 0.5) is 0 Å². The summed E-state index contributed by atoms with van der Waals surface area (Å²) in [7, 11) is 6.28. The van der Waals surface area contributed by atoms with Gasteiger partial charge in [-0.3, -0.25) is 4.79 Å². The minimum atomic E-state index is -0.0593. The van der Waals surface area contributed by atoms with Crippen LogP contribution in [-0.2, 0) is 13.6 Å². The average Bonchev–Trinajstić information content (AvgIpc) is 3.14. The second-order valence-electron chi connectivity index (χ2n) is 9.48. The van der Waals surface area contributed by atoms with Gasteiger partial charge in [0.1, 0.15) is 19.0 Å². The van der Waals surface area contributed by atoms with Gasteiger partial charge in [-0.2, -0.15) is 0 Å². The van der Waals surface area contributed by atoms with E-state index in [9.17, 15) is 4.79 Å². The van der Waals surface area contributed by atoms with Crippen LogP contribution in [0.5, 0.6) is 11.5 Å². The Morgan fingerprint density at radius 1 is 1.12 bits per heavy atom. The molecule has 1 N–H and O–H groups in total. The molecule has 0 bridgehead atoms. The highest BCUT2D eigenvalue weighted by atomic mass is 16.6. The van der Waals surface area contributed by atoms with Crippen LogP contribution in [0.25, 0.3) is 11.0 Å². The molecule has 0 radical (unpaired) electrons. The van der Waals surface area contributed by atoms with E-state index >= 15 is 0 Å². The Labute approximate surface area is 194 Å². The summed E-state index contributed by atoms with van der Waals surface area (Å²) < 4.78 is 13.4. The number of rotatable bonds is 5. The summed E-state index contributed by atoms with van der Waals surface area (Å²) in [6.07, 6.45) is 4.06. The Morgan fingerprint density at radius 3 is 2.76 bits per heavy atom. The van der Waals surface area contributed by atoms with Crippen LogP contribution in [0.1, 0.15) is 53.3 Å². The number of carbonyl (C=O) groups is 1. The number of amides is 1. The number of hydrogen-bond donors (Lipinski definition) is 1. The fourth-order valence-corrected chi connectivity index (χ4v) is 5.09. The van der Waals surface area contributed by atoms with Crippen LogP contribution in [-0.4, -0.2) is 53.7 Å². The van der Waals surface area contributed by atoms with E-state index in [0.29, 0.717) is 36.2 Å². The van der Waals surface area contributed by atoms with Gasteiger partial charge in [0.2, 0.25) is 0 Å². The van der Waals surface area contributed by atoms with Crippen molar-refractivity contribution in [2.45, 2.75) is 44.2 Å². The molecule has 2 aromatic carbocycles. The predicted octanol–water partition coefficient (Wildman–Crippen LogP) is 3.86. The van der Waals surface area contributed by atoms with Gasteiger partial charge < -0.3 is 24.3 Å². The summed E-state index contributed by atoms with van der Waals surface area (Å²) in [5.41, 5.74) is 4.11. The van der Waals surface area contributed by atoms with E-state index < -0.39 is 0 Å². The standard InChI is InChI=1S/C26H32N4O3/c1-29(2)16-17-7-9-21-22(13-17)30(3)25(28-21)18-5-4-6-20(14-18)27-26(31)19-8-10-23-24(15-19)33-12-11-32-23/h7-10,13,15,18,20H,4-6,11-12,14,16H2,1-3H3,(H,27,31). The Balaban J connectivity index is 1.30. The molecule has 2 heterocycles. The summed E-state index contributed by atoms with van der Waals surface area (Å²) >= 11 is 0. The minimum Gasteiger partial charge on any atom is -0.486 e. The number of ether oxygens (including phenoxy) is 2. The number of hydrogen-bond acceptors (Lipinski definition) is 5. The lowest BCUT2D eigenvalue weighted by Gasteiger charge is -2.29. The molecule has 2 aliphatic rings. The second-order valence-corrected chi connectivity index (χ2v) is 9.48. The molecule has 2 atom stereocenters. The summed E-state index contributed by atoms with van der Waals surface area (Å²) in [5, 5.41) is 3.25. The van der Waals surface area contributed by atoms with Crippen molar-refractivity contribution in [3.8, 4) is 11.5 Å². The summed E-state index contributed by atoms with van der Waals surface area (Å²) in [6, 6.07) is 12.1. The SMILES string of the molecule is CN(C)Cc1ccc2nc(C3CCCC(NC(=O)c4ccc5c(c4)OCCO5)C3)n(C)c2c1. The molecule has 5 rings (SSSR count). The van der Waals surface area contributed by atoms with Crippen molar-refractivity contribution in [3.63, 3.8) is 0 Å². The van der Waals surface area contributed by atoms with Crippen LogP contribution in [0.2, 0.25) is 0 Å². The van der Waals surface area contributed by atoms with E-state index in [1.807, 2.05) is 6.07 Å². The lowest BCUT2D eigenvalue weighted by Crippen LogP contribution is -2.38. The molecule has 1 amide bonds. The maximum atomic E-state index is 12.9. The first-order valence-electron chi connectivity index (χ1n) is 11.8. The van der Waals surface area contributed by atoms with E-state index in [0.717, 1.165) is 43.6 Å². The lowest BCUT2D eigenvalue weighted by atomic mass is 9.85. The number of imidazole rings is 1. The van der Waals surface area contributed by atoms with Gasteiger partial charge in [-0.25, -0.2) is 4.98 Å². The maximum absolute atomic E-state index is 12.9. The largest absolute Gasteiger partial charge is 0.486 e. The smallest absolute Gasteiger partial charge is 0.251 e. The molecule has 1 aliphatic heterocycles. The van der Waals surface area contributed by atoms with Crippen molar-refractivity contribution in [2.24, 2.45) is 7.05 Å². The molecule has 2 unspecified atom stereocenters. The van der Waals surface area contributed by atoms with Gasteiger partial charge in [0.15, 0.2) is 11.5 Å². The van der Waals surface area contributed by atoms with Crippen LogP contribution in [0, 0.1) is 0 Å². The summed E-state index contributed by atoms with van der Waals surface area (Å²) in [4.78, 5) is 20.1. The Bertz CT molecular complexity index is 1170. The molecule has 1 aromatic heterocycles. The molecule has 1 aliphatic carbocycles. The van der Waals surface area contributed by atoms with Crippen molar-refractivity contribution in [3.05, 3.63) is 53.3 Å². The quantitative estimate of drug-likeness (QED) is 0.642. The summed E-state index contributed by atoms with van der Waals surface area (Å²) in [6.45, 7) is 1.96. The van der Waals surface area contributed by atoms with Crippen molar-refractivity contribution in [2.75, 3.05) is 27.3 Å². The molecule has 0 saturated heterocycles. The van der Waals surface area contributed by atoms with Crippen LogP contribution >= 0.6 is 0 Å². The molecular formula is C26H32N4O3. The Morgan fingerprint density at radius 2 is 1.94 bits per heavy atom. The van der Waals surface area contributed by atoms with Gasteiger partial charge in [-0.15, -0.1) is 0 Å². The number of aromatic nitrogens is 2. The molecule has 7 nitrogen and oxygen atoms in total. The van der Waals surface area contributed by atoms with Gasteiger partial charge in [0.05, 0.1) is 11.0 Å². The zero-order valence-electron chi connectivity index (χ0n) is 19.6. The van der Waals surface area contributed by atoms with E-state index in [4.69, 9.17) is 14.5 Å². The van der Waals surface area contributed by atoms with Crippen LogP contribution in [0.15, 0.2) is 36.4 Å². The van der Waals surface area contributed by atoms with Crippen molar-refractivity contribution < 1.29 is 14.3 Å². The molecule has 7 heteroatoms. The first-order chi connectivity index (χ1) is 16.0. The van der Waals surface area contributed by atoms with E-state index in [2.05, 4.69) is 54.1 Å². The predicted molar refractivity (Wildman–Crippen MR) is 128 cm³/mol. The molecule has 0 spiro atoms. The number of benzene rings is 2. The molecule has 3 aromatic rings. The Hall–Kier alpha value is -3.06. The van der Waals surface area contributed by atoms with Gasteiger partial charge >= 0.3 is 0 Å². The fraction of sp³-hybridized carbons (Fsp3) is 0.462. The maximum Gasteiger partial charge on any atom is 0.251 e. The normalized spacial score (nSPS) is 20.2. The van der Waals surface area contributed by atoms with Gasteiger partial charge in [-0.05, 0) is 69.3 Å². The third-order valence-corrected chi connectivity index (χ3v) is 6.66. The first kappa shape index (κ1) is 21.8. The van der Waals surface area contributed by atoms with Crippen molar-refractivity contribution in [1.29, 1.82) is 0 Å². The minimum absolute atomic E-state index is 0.0593. The molecule has 1 saturated carbocycles. The fourth-order valence-electron chi connectivity index (χ4n) is 5.09. The second kappa shape index (κ2) is 9.06. The van der Waals surface area contributed by atoms with E-state index in [1.54, 1.807) is 12.1 Å².